The van der Waals surface area contributed by atoms with Crippen LogP contribution in [0.3, 0.4) is 0 Å². The fourth-order valence-electron chi connectivity index (χ4n) is 2.82. The molecule has 1 amide bonds. The number of nitrogens with zero attached hydrogens (tertiary/aromatic N) is 3. The molecule has 110 valence electrons. The number of carboxylic acid groups (broad SMARTS) is 1. The third-order valence-electron chi connectivity index (χ3n) is 3.91. The van der Waals surface area contributed by atoms with Gasteiger partial charge in [0.1, 0.15) is 12.2 Å². The molecule has 1 saturated carbocycles. The predicted octanol–water partition coefficient (Wildman–Crippen LogP) is 0.221. The Balaban J connectivity index is 1.85. The van der Waals surface area contributed by atoms with Crippen molar-refractivity contribution in [1.29, 1.82) is 0 Å². The summed E-state index contributed by atoms with van der Waals surface area (Å²) in [5.41, 5.74) is 0. The van der Waals surface area contributed by atoms with Crippen molar-refractivity contribution in [3.05, 3.63) is 12.2 Å². The van der Waals surface area contributed by atoms with Crippen LogP contribution in [0.25, 0.3) is 0 Å². The first kappa shape index (κ1) is 14.5. The highest BCUT2D eigenvalue weighted by atomic mass is 16.4. The maximum atomic E-state index is 12.1. The minimum atomic E-state index is -0.872. The van der Waals surface area contributed by atoms with E-state index in [0.29, 0.717) is 25.8 Å². The van der Waals surface area contributed by atoms with Gasteiger partial charge in [-0.05, 0) is 18.8 Å². The Hall–Kier alpha value is -1.92. The van der Waals surface area contributed by atoms with Gasteiger partial charge in [0.15, 0.2) is 0 Å². The van der Waals surface area contributed by atoms with E-state index in [1.54, 1.807) is 10.9 Å². The van der Waals surface area contributed by atoms with Crippen LogP contribution in [-0.4, -0.2) is 38.3 Å². The number of carbonyl (C=O) groups is 2. The molecule has 2 N–H and O–H groups in total. The van der Waals surface area contributed by atoms with Crippen molar-refractivity contribution in [3.63, 3.8) is 0 Å². The average Bonchev–Trinajstić information content (AvgIpc) is 2.96. The Kier molecular flexibility index (Phi) is 4.36. The second-order valence-electron chi connectivity index (χ2n) is 5.53. The molecule has 1 aliphatic carbocycles. The van der Waals surface area contributed by atoms with Gasteiger partial charge in [-0.15, -0.1) is 10.2 Å². The van der Waals surface area contributed by atoms with Crippen LogP contribution in [0.5, 0.6) is 0 Å². The first-order valence-electron chi connectivity index (χ1n) is 6.82. The van der Waals surface area contributed by atoms with Crippen LogP contribution in [-0.2, 0) is 23.1 Å². The van der Waals surface area contributed by atoms with Gasteiger partial charge in [-0.2, -0.15) is 0 Å². The summed E-state index contributed by atoms with van der Waals surface area (Å²) < 4.78 is 1.80. The minimum absolute atomic E-state index is 0.163. The lowest BCUT2D eigenvalue weighted by Crippen LogP contribution is -2.36. The van der Waals surface area contributed by atoms with Crippen LogP contribution in [0.2, 0.25) is 0 Å². The molecule has 20 heavy (non-hydrogen) atoms. The van der Waals surface area contributed by atoms with Gasteiger partial charge in [-0.1, -0.05) is 6.92 Å². The Bertz CT molecular complexity index is 500. The molecule has 1 fully saturated rings. The molecular weight excluding hydrogens is 260 g/mol. The summed E-state index contributed by atoms with van der Waals surface area (Å²) >= 11 is 0. The van der Waals surface area contributed by atoms with Gasteiger partial charge >= 0.3 is 5.97 Å². The van der Waals surface area contributed by atoms with Crippen molar-refractivity contribution in [1.82, 2.24) is 20.1 Å². The standard InChI is InChI=1S/C13H20N4O3/c1-8-5-9(10(6-8)13(19)20)12(18)14-4-3-11-16-15-7-17(11)2/h7-10H,3-6H2,1-2H3,(H,14,18)(H,19,20). The number of hydrogen-bond donors (Lipinski definition) is 2. The van der Waals surface area contributed by atoms with Crippen molar-refractivity contribution >= 4 is 11.9 Å². The van der Waals surface area contributed by atoms with Crippen molar-refractivity contribution in [2.75, 3.05) is 6.54 Å². The van der Waals surface area contributed by atoms with E-state index < -0.39 is 17.8 Å². The third-order valence-corrected chi connectivity index (χ3v) is 3.91. The maximum Gasteiger partial charge on any atom is 0.307 e. The Morgan fingerprint density at radius 2 is 2.15 bits per heavy atom. The van der Waals surface area contributed by atoms with E-state index in [-0.39, 0.29) is 11.8 Å². The number of amides is 1. The zero-order valence-corrected chi connectivity index (χ0v) is 11.7. The van der Waals surface area contributed by atoms with Crippen LogP contribution in [0.4, 0.5) is 0 Å². The molecule has 0 aromatic carbocycles. The Labute approximate surface area is 117 Å². The summed E-state index contributed by atoms with van der Waals surface area (Å²) in [4.78, 5) is 23.3. The van der Waals surface area contributed by atoms with Crippen molar-refractivity contribution in [2.45, 2.75) is 26.2 Å². The molecule has 0 aliphatic heterocycles. The summed E-state index contributed by atoms with van der Waals surface area (Å²) in [6.07, 6.45) is 3.42. The molecule has 0 bridgehead atoms. The SMILES string of the molecule is CC1CC(C(=O)O)C(C(=O)NCCc2nncn2C)C1. The molecule has 3 unspecified atom stereocenters. The molecule has 3 atom stereocenters. The number of hydrogen-bond acceptors (Lipinski definition) is 4. The van der Waals surface area contributed by atoms with E-state index in [9.17, 15) is 9.59 Å². The zero-order chi connectivity index (χ0) is 14.7. The van der Waals surface area contributed by atoms with E-state index >= 15 is 0 Å². The largest absolute Gasteiger partial charge is 0.481 e. The first-order valence-corrected chi connectivity index (χ1v) is 6.82. The summed E-state index contributed by atoms with van der Waals surface area (Å²) in [6, 6.07) is 0. The number of aromatic nitrogens is 3. The highest BCUT2D eigenvalue weighted by molar-refractivity contribution is 5.85. The first-order chi connectivity index (χ1) is 9.49. The van der Waals surface area contributed by atoms with E-state index in [0.717, 1.165) is 5.82 Å². The third kappa shape index (κ3) is 3.15. The molecule has 0 radical (unpaired) electrons. The molecule has 2 rings (SSSR count). The molecule has 0 saturated heterocycles. The van der Waals surface area contributed by atoms with Gasteiger partial charge in [-0.25, -0.2) is 0 Å². The number of aryl methyl sites for hydroxylation is 1. The summed E-state index contributed by atoms with van der Waals surface area (Å²) in [6.45, 7) is 2.44. The fraction of sp³-hybridized carbons (Fsp3) is 0.692. The van der Waals surface area contributed by atoms with Gasteiger partial charge in [0.2, 0.25) is 5.91 Å². The lowest BCUT2D eigenvalue weighted by Gasteiger charge is -2.15. The van der Waals surface area contributed by atoms with Crippen LogP contribution in [0.15, 0.2) is 6.33 Å². The Morgan fingerprint density at radius 3 is 2.75 bits per heavy atom. The second-order valence-corrected chi connectivity index (χ2v) is 5.53. The zero-order valence-electron chi connectivity index (χ0n) is 11.7. The number of nitrogens with one attached hydrogen (secondary N) is 1. The van der Waals surface area contributed by atoms with Crippen LogP contribution in [0.1, 0.15) is 25.6 Å². The minimum Gasteiger partial charge on any atom is -0.481 e. The summed E-state index contributed by atoms with van der Waals surface area (Å²) in [5.74, 6) is -0.931. The Morgan fingerprint density at radius 1 is 1.45 bits per heavy atom. The van der Waals surface area contributed by atoms with Crippen LogP contribution in [0, 0.1) is 17.8 Å². The van der Waals surface area contributed by atoms with Gasteiger partial charge < -0.3 is 15.0 Å². The molecule has 1 aromatic heterocycles. The average molecular weight is 280 g/mol. The van der Waals surface area contributed by atoms with Crippen molar-refractivity contribution in [2.24, 2.45) is 24.8 Å². The lowest BCUT2D eigenvalue weighted by atomic mass is 9.95. The number of aliphatic carboxylic acids is 1. The molecule has 1 aromatic rings. The second kappa shape index (κ2) is 6.02. The monoisotopic (exact) mass is 280 g/mol. The highest BCUT2D eigenvalue weighted by Gasteiger charge is 2.40. The highest BCUT2D eigenvalue weighted by Crippen LogP contribution is 2.36. The molecular formula is C13H20N4O3. The van der Waals surface area contributed by atoms with E-state index in [1.165, 1.54) is 0 Å². The number of rotatable bonds is 5. The van der Waals surface area contributed by atoms with Crippen molar-refractivity contribution in [3.8, 4) is 0 Å². The molecule has 0 spiro atoms. The van der Waals surface area contributed by atoms with Crippen LogP contribution >= 0.6 is 0 Å². The molecule has 7 nitrogen and oxygen atoms in total. The van der Waals surface area contributed by atoms with Crippen LogP contribution < -0.4 is 5.32 Å². The molecule has 1 aliphatic rings. The van der Waals surface area contributed by atoms with Gasteiger partial charge in [0.25, 0.3) is 0 Å². The summed E-state index contributed by atoms with van der Waals surface area (Å²) in [7, 11) is 1.84. The predicted molar refractivity (Wildman–Crippen MR) is 70.7 cm³/mol. The molecule has 1 heterocycles. The van der Waals surface area contributed by atoms with E-state index in [1.807, 2.05) is 14.0 Å². The van der Waals surface area contributed by atoms with Gasteiger partial charge in [-0.3, -0.25) is 9.59 Å². The number of carbonyl (C=O) groups excluding carboxylic acids is 1. The summed E-state index contributed by atoms with van der Waals surface area (Å²) in [5, 5.41) is 19.7. The fourth-order valence-corrected chi connectivity index (χ4v) is 2.82. The van der Waals surface area contributed by atoms with E-state index in [2.05, 4.69) is 15.5 Å². The van der Waals surface area contributed by atoms with Gasteiger partial charge in [0, 0.05) is 20.0 Å². The smallest absolute Gasteiger partial charge is 0.307 e. The molecule has 7 heteroatoms. The van der Waals surface area contributed by atoms with E-state index in [4.69, 9.17) is 5.11 Å². The van der Waals surface area contributed by atoms with Crippen molar-refractivity contribution < 1.29 is 14.7 Å². The maximum absolute atomic E-state index is 12.1. The topological polar surface area (TPSA) is 97.1 Å². The van der Waals surface area contributed by atoms with Gasteiger partial charge in [0.05, 0.1) is 11.8 Å². The normalized spacial score (nSPS) is 25.6. The number of carboxylic acids is 1. The lowest BCUT2D eigenvalue weighted by molar-refractivity contribution is -0.146. The quantitative estimate of drug-likeness (QED) is 0.804.